The van der Waals surface area contributed by atoms with Gasteiger partial charge in [0.1, 0.15) is 0 Å². The fraction of sp³-hybridized carbons (Fsp3) is 1.00. The molecule has 0 amide bonds. The van der Waals surface area contributed by atoms with Crippen LogP contribution in [-0.2, 0) is 0 Å². The predicted molar refractivity (Wildman–Crippen MR) is 67.2 cm³/mol. The number of nitrogens with one attached hydrogen (secondary N) is 1. The molecule has 0 aliphatic carbocycles. The Morgan fingerprint density at radius 2 is 2.13 bits per heavy atom. The summed E-state index contributed by atoms with van der Waals surface area (Å²) in [6, 6.07) is 0.732. The minimum Gasteiger partial charge on any atom is -0.316 e. The number of nitrogens with zero attached hydrogens (tertiary/aromatic N) is 1. The summed E-state index contributed by atoms with van der Waals surface area (Å²) in [6.07, 6.45) is 5.43. The Labute approximate surface area is 95.4 Å². The van der Waals surface area contributed by atoms with Crippen molar-refractivity contribution in [1.82, 2.24) is 10.2 Å². The van der Waals surface area contributed by atoms with E-state index in [-0.39, 0.29) is 0 Å². The van der Waals surface area contributed by atoms with E-state index < -0.39 is 0 Å². The third-order valence-corrected chi connectivity index (χ3v) is 3.44. The zero-order valence-corrected chi connectivity index (χ0v) is 10.8. The smallest absolute Gasteiger partial charge is 0.00387 e. The Balaban J connectivity index is 1.99. The van der Waals surface area contributed by atoms with Gasteiger partial charge in [0.15, 0.2) is 0 Å². The third kappa shape index (κ3) is 4.98. The van der Waals surface area contributed by atoms with Crippen LogP contribution in [0.15, 0.2) is 0 Å². The van der Waals surface area contributed by atoms with Crippen molar-refractivity contribution in [3.63, 3.8) is 0 Å². The zero-order chi connectivity index (χ0) is 11.1. The van der Waals surface area contributed by atoms with E-state index in [0.717, 1.165) is 12.0 Å². The quantitative estimate of drug-likeness (QED) is 0.652. The highest BCUT2D eigenvalue weighted by Crippen LogP contribution is 2.17. The monoisotopic (exact) mass is 212 g/mol. The summed E-state index contributed by atoms with van der Waals surface area (Å²) in [5, 5.41) is 3.59. The van der Waals surface area contributed by atoms with Crippen molar-refractivity contribution in [1.29, 1.82) is 0 Å². The molecule has 90 valence electrons. The van der Waals surface area contributed by atoms with Crippen LogP contribution in [0.1, 0.15) is 46.5 Å². The van der Waals surface area contributed by atoms with Crippen molar-refractivity contribution in [3.8, 4) is 0 Å². The van der Waals surface area contributed by atoms with Crippen molar-refractivity contribution in [2.24, 2.45) is 5.92 Å². The lowest BCUT2D eigenvalue weighted by atomic mass is 10.1. The topological polar surface area (TPSA) is 15.3 Å². The molecule has 0 radical (unpaired) electrons. The van der Waals surface area contributed by atoms with E-state index in [0.29, 0.717) is 0 Å². The molecule has 0 saturated carbocycles. The van der Waals surface area contributed by atoms with Gasteiger partial charge in [0.05, 0.1) is 0 Å². The van der Waals surface area contributed by atoms with Crippen LogP contribution in [0.5, 0.6) is 0 Å². The van der Waals surface area contributed by atoms with E-state index in [1.54, 1.807) is 0 Å². The lowest BCUT2D eigenvalue weighted by Gasteiger charge is -2.20. The first-order valence-corrected chi connectivity index (χ1v) is 6.68. The van der Waals surface area contributed by atoms with Crippen molar-refractivity contribution in [3.05, 3.63) is 0 Å². The van der Waals surface area contributed by atoms with Gasteiger partial charge in [0, 0.05) is 12.6 Å². The summed E-state index contributed by atoms with van der Waals surface area (Å²) in [4.78, 5) is 2.60. The molecule has 1 saturated heterocycles. The lowest BCUT2D eigenvalue weighted by Crippen LogP contribution is -2.30. The average molecular weight is 212 g/mol. The maximum Gasteiger partial charge on any atom is 0.00387 e. The van der Waals surface area contributed by atoms with E-state index in [2.05, 4.69) is 31.0 Å². The fourth-order valence-corrected chi connectivity index (χ4v) is 2.30. The Morgan fingerprint density at radius 1 is 1.33 bits per heavy atom. The molecule has 1 aliphatic rings. The molecule has 2 heteroatoms. The molecule has 15 heavy (non-hydrogen) atoms. The highest BCUT2D eigenvalue weighted by atomic mass is 15.2. The van der Waals surface area contributed by atoms with Gasteiger partial charge in [-0.2, -0.15) is 0 Å². The summed E-state index contributed by atoms with van der Waals surface area (Å²) in [5.74, 6) is 0.897. The highest BCUT2D eigenvalue weighted by Gasteiger charge is 2.23. The van der Waals surface area contributed by atoms with Gasteiger partial charge in [-0.3, -0.25) is 0 Å². The Hall–Kier alpha value is -0.0800. The lowest BCUT2D eigenvalue weighted by molar-refractivity contribution is 0.264. The minimum absolute atomic E-state index is 0.732. The molecule has 0 bridgehead atoms. The highest BCUT2D eigenvalue weighted by molar-refractivity contribution is 4.78. The number of unbranched alkanes of at least 4 members (excludes halogenated alkanes) is 2. The van der Waals surface area contributed by atoms with Gasteiger partial charge < -0.3 is 10.2 Å². The predicted octanol–water partition coefficient (Wildman–Crippen LogP) is 2.50. The molecule has 1 N–H and O–H groups in total. The molecule has 0 aromatic carbocycles. The van der Waals surface area contributed by atoms with E-state index in [9.17, 15) is 0 Å². The molecule has 1 heterocycles. The Bertz CT molecular complexity index is 157. The molecular formula is C13H28N2. The minimum atomic E-state index is 0.732. The number of hydrogen-bond acceptors (Lipinski definition) is 2. The molecule has 1 rings (SSSR count). The Kier molecular flexibility index (Phi) is 6.26. The van der Waals surface area contributed by atoms with Crippen molar-refractivity contribution < 1.29 is 0 Å². The molecule has 1 fully saturated rings. The number of hydrogen-bond donors (Lipinski definition) is 1. The average Bonchev–Trinajstić information content (AvgIpc) is 2.66. The van der Waals surface area contributed by atoms with E-state index in [1.807, 2.05) is 0 Å². The molecule has 2 nitrogen and oxygen atoms in total. The van der Waals surface area contributed by atoms with Gasteiger partial charge in [0.2, 0.25) is 0 Å². The van der Waals surface area contributed by atoms with Crippen LogP contribution in [0, 0.1) is 5.92 Å². The first kappa shape index (κ1) is 13.0. The van der Waals surface area contributed by atoms with Crippen LogP contribution < -0.4 is 5.32 Å². The Morgan fingerprint density at radius 3 is 2.73 bits per heavy atom. The molecule has 0 spiro atoms. The van der Waals surface area contributed by atoms with Gasteiger partial charge >= 0.3 is 0 Å². The summed E-state index contributed by atoms with van der Waals surface area (Å²) in [5.41, 5.74) is 0. The van der Waals surface area contributed by atoms with Crippen molar-refractivity contribution >= 4 is 0 Å². The van der Waals surface area contributed by atoms with Crippen molar-refractivity contribution in [2.45, 2.75) is 52.5 Å². The van der Waals surface area contributed by atoms with Crippen molar-refractivity contribution in [2.75, 3.05) is 26.2 Å². The van der Waals surface area contributed by atoms with E-state index >= 15 is 0 Å². The van der Waals surface area contributed by atoms with Crippen LogP contribution in [0.2, 0.25) is 0 Å². The van der Waals surface area contributed by atoms with Gasteiger partial charge in [0.25, 0.3) is 0 Å². The SMILES string of the molecule is CCCCCNCC1CCN(C(C)C)C1. The van der Waals surface area contributed by atoms with Gasteiger partial charge in [-0.1, -0.05) is 19.8 Å². The van der Waals surface area contributed by atoms with E-state index in [4.69, 9.17) is 0 Å². The summed E-state index contributed by atoms with van der Waals surface area (Å²) >= 11 is 0. The number of likely N-dealkylation sites (tertiary alicyclic amines) is 1. The van der Waals surface area contributed by atoms with Gasteiger partial charge in [-0.15, -0.1) is 0 Å². The summed E-state index contributed by atoms with van der Waals surface area (Å²) in [7, 11) is 0. The first-order valence-electron chi connectivity index (χ1n) is 6.68. The van der Waals surface area contributed by atoms with Gasteiger partial charge in [-0.25, -0.2) is 0 Å². The summed E-state index contributed by atoms with van der Waals surface area (Å²) < 4.78 is 0. The van der Waals surface area contributed by atoms with Crippen LogP contribution >= 0.6 is 0 Å². The molecule has 1 aliphatic heterocycles. The van der Waals surface area contributed by atoms with Crippen LogP contribution in [-0.4, -0.2) is 37.1 Å². The molecule has 1 unspecified atom stereocenters. The second-order valence-corrected chi connectivity index (χ2v) is 5.15. The third-order valence-electron chi connectivity index (χ3n) is 3.44. The van der Waals surface area contributed by atoms with E-state index in [1.165, 1.54) is 51.9 Å². The van der Waals surface area contributed by atoms with Crippen LogP contribution in [0.25, 0.3) is 0 Å². The normalized spacial score (nSPS) is 22.8. The first-order chi connectivity index (χ1) is 7.24. The second-order valence-electron chi connectivity index (χ2n) is 5.15. The maximum atomic E-state index is 3.59. The van der Waals surface area contributed by atoms with Crippen LogP contribution in [0.4, 0.5) is 0 Å². The standard InChI is InChI=1S/C13H28N2/c1-4-5-6-8-14-10-13-7-9-15(11-13)12(2)3/h12-14H,4-11H2,1-3H3. The molecular weight excluding hydrogens is 184 g/mol. The largest absolute Gasteiger partial charge is 0.316 e. The van der Waals surface area contributed by atoms with Crippen LogP contribution in [0.3, 0.4) is 0 Å². The zero-order valence-electron chi connectivity index (χ0n) is 10.8. The molecule has 1 atom stereocenters. The summed E-state index contributed by atoms with van der Waals surface area (Å²) in [6.45, 7) is 11.9. The second kappa shape index (κ2) is 7.24. The van der Waals surface area contributed by atoms with Gasteiger partial charge in [-0.05, 0) is 52.2 Å². The number of rotatable bonds is 7. The maximum absolute atomic E-state index is 3.59. The molecule has 0 aromatic rings. The fourth-order valence-electron chi connectivity index (χ4n) is 2.30. The molecule has 0 aromatic heterocycles.